The Hall–Kier alpha value is -2.54. The van der Waals surface area contributed by atoms with E-state index in [1.165, 1.54) is 4.88 Å². The van der Waals surface area contributed by atoms with Crippen molar-refractivity contribution in [3.8, 4) is 5.75 Å². The van der Waals surface area contributed by atoms with E-state index in [0.29, 0.717) is 13.1 Å². The summed E-state index contributed by atoms with van der Waals surface area (Å²) in [6.45, 7) is 3.01. The first-order valence-corrected chi connectivity index (χ1v) is 11.1. The third kappa shape index (κ3) is 5.50. The average Bonchev–Trinajstić information content (AvgIpc) is 3.18. The predicted molar refractivity (Wildman–Crippen MR) is 106 cm³/mol. The number of piperazine rings is 1. The molecule has 2 aromatic rings. The summed E-state index contributed by atoms with van der Waals surface area (Å²) in [5.74, 6) is -0.474. The summed E-state index contributed by atoms with van der Waals surface area (Å²) in [7, 11) is -4.09. The van der Waals surface area contributed by atoms with Crippen LogP contribution in [-0.2, 0) is 21.4 Å². The summed E-state index contributed by atoms with van der Waals surface area (Å²) in [5.41, 5.74) is -0.565. The summed E-state index contributed by atoms with van der Waals surface area (Å²) < 4.78 is 28.0. The van der Waals surface area contributed by atoms with Gasteiger partial charge in [0.2, 0.25) is 10.0 Å². The molecule has 1 aromatic carbocycles. The van der Waals surface area contributed by atoms with Gasteiger partial charge in [-0.2, -0.15) is 0 Å². The monoisotopic (exact) mass is 440 g/mol. The van der Waals surface area contributed by atoms with Crippen molar-refractivity contribution in [3.05, 3.63) is 50.7 Å². The zero-order valence-corrected chi connectivity index (χ0v) is 17.0. The normalized spacial score (nSPS) is 15.3. The number of amides is 1. The Morgan fingerprint density at radius 3 is 2.55 bits per heavy atom. The Kier molecular flexibility index (Phi) is 6.47. The molecular weight excluding hydrogens is 420 g/mol. The largest absolute Gasteiger partial charge is 0.477 e. The number of carbonyl (C=O) groups excluding carboxylic acids is 1. The second-order valence-corrected chi connectivity index (χ2v) is 9.05. The SMILES string of the molecule is NS(=O)(=O)c1ccc(OCC(=O)N2CCN(Cc3cccs3)CC2)c([N+](=O)[O-])c1. The molecule has 2 N–H and O–H groups in total. The molecule has 29 heavy (non-hydrogen) atoms. The first-order valence-electron chi connectivity index (χ1n) is 8.70. The fourth-order valence-corrected chi connectivity index (χ4v) is 4.23. The third-order valence-electron chi connectivity index (χ3n) is 4.49. The van der Waals surface area contributed by atoms with Crippen molar-refractivity contribution in [2.24, 2.45) is 5.14 Å². The van der Waals surface area contributed by atoms with Crippen LogP contribution < -0.4 is 9.88 Å². The van der Waals surface area contributed by atoms with Gasteiger partial charge in [-0.1, -0.05) is 6.07 Å². The molecule has 0 bridgehead atoms. The fourth-order valence-electron chi connectivity index (χ4n) is 2.95. The minimum Gasteiger partial charge on any atom is -0.477 e. The number of hydrogen-bond acceptors (Lipinski definition) is 8. The van der Waals surface area contributed by atoms with Gasteiger partial charge in [0, 0.05) is 43.7 Å². The van der Waals surface area contributed by atoms with Crippen LogP contribution in [0.1, 0.15) is 4.88 Å². The van der Waals surface area contributed by atoms with E-state index in [1.807, 2.05) is 11.4 Å². The van der Waals surface area contributed by atoms with Crippen molar-refractivity contribution in [1.29, 1.82) is 0 Å². The molecule has 0 aliphatic carbocycles. The number of nitro benzene ring substituents is 1. The molecule has 0 atom stereocenters. The molecule has 12 heteroatoms. The Morgan fingerprint density at radius 2 is 1.97 bits per heavy atom. The van der Waals surface area contributed by atoms with Gasteiger partial charge in [-0.25, -0.2) is 13.6 Å². The fraction of sp³-hybridized carbons (Fsp3) is 0.353. The number of primary sulfonamides is 1. The van der Waals surface area contributed by atoms with E-state index in [0.717, 1.165) is 37.8 Å². The van der Waals surface area contributed by atoms with Crippen molar-refractivity contribution >= 4 is 33.0 Å². The minimum atomic E-state index is -4.09. The highest BCUT2D eigenvalue weighted by molar-refractivity contribution is 7.89. The molecule has 0 spiro atoms. The molecule has 1 aliphatic heterocycles. The van der Waals surface area contributed by atoms with Crippen molar-refractivity contribution < 1.29 is 22.9 Å². The highest BCUT2D eigenvalue weighted by Crippen LogP contribution is 2.29. The first kappa shape index (κ1) is 21.2. The Labute approximate surface area is 171 Å². The summed E-state index contributed by atoms with van der Waals surface area (Å²) in [6, 6.07) is 7.13. The molecule has 156 valence electrons. The van der Waals surface area contributed by atoms with Crippen LogP contribution in [0.15, 0.2) is 40.6 Å². The zero-order valence-electron chi connectivity index (χ0n) is 15.4. The van der Waals surface area contributed by atoms with Crippen LogP contribution in [-0.4, -0.2) is 61.8 Å². The average molecular weight is 441 g/mol. The number of benzene rings is 1. The van der Waals surface area contributed by atoms with E-state index >= 15 is 0 Å². The van der Waals surface area contributed by atoms with Crippen LogP contribution in [0.25, 0.3) is 0 Å². The van der Waals surface area contributed by atoms with Crippen molar-refractivity contribution in [3.63, 3.8) is 0 Å². The molecule has 1 aromatic heterocycles. The Morgan fingerprint density at radius 1 is 1.24 bits per heavy atom. The number of nitro groups is 1. The van der Waals surface area contributed by atoms with Gasteiger partial charge in [0.05, 0.1) is 9.82 Å². The lowest BCUT2D eigenvalue weighted by Crippen LogP contribution is -2.49. The Balaban J connectivity index is 1.56. The van der Waals surface area contributed by atoms with Crippen molar-refractivity contribution in [1.82, 2.24) is 9.80 Å². The van der Waals surface area contributed by atoms with Gasteiger partial charge >= 0.3 is 5.69 Å². The minimum absolute atomic E-state index is 0.188. The molecule has 1 fully saturated rings. The molecule has 2 heterocycles. The van der Waals surface area contributed by atoms with Crippen LogP contribution in [0, 0.1) is 10.1 Å². The highest BCUT2D eigenvalue weighted by atomic mass is 32.2. The number of thiophene rings is 1. The van der Waals surface area contributed by atoms with Gasteiger partial charge in [0.1, 0.15) is 0 Å². The lowest BCUT2D eigenvalue weighted by molar-refractivity contribution is -0.386. The van der Waals surface area contributed by atoms with Gasteiger partial charge in [-0.3, -0.25) is 19.8 Å². The maximum atomic E-state index is 12.4. The van der Waals surface area contributed by atoms with E-state index in [1.54, 1.807) is 16.2 Å². The molecule has 0 unspecified atom stereocenters. The van der Waals surface area contributed by atoms with Gasteiger partial charge in [-0.05, 0) is 23.6 Å². The zero-order chi connectivity index (χ0) is 21.0. The van der Waals surface area contributed by atoms with Gasteiger partial charge < -0.3 is 9.64 Å². The third-order valence-corrected chi connectivity index (χ3v) is 6.26. The molecule has 1 amide bonds. The second kappa shape index (κ2) is 8.86. The summed E-state index contributed by atoms with van der Waals surface area (Å²) in [5, 5.41) is 18.2. The molecule has 10 nitrogen and oxygen atoms in total. The van der Waals surface area contributed by atoms with Crippen LogP contribution in [0.4, 0.5) is 5.69 Å². The van der Waals surface area contributed by atoms with Crippen molar-refractivity contribution in [2.75, 3.05) is 32.8 Å². The van der Waals surface area contributed by atoms with Crippen molar-refractivity contribution in [2.45, 2.75) is 11.4 Å². The molecular formula is C17H20N4O6S2. The topological polar surface area (TPSA) is 136 Å². The first-order chi connectivity index (χ1) is 13.7. The van der Waals surface area contributed by atoms with Gasteiger partial charge in [-0.15, -0.1) is 11.3 Å². The van der Waals surface area contributed by atoms with Crippen LogP contribution >= 0.6 is 11.3 Å². The number of sulfonamides is 1. The summed E-state index contributed by atoms with van der Waals surface area (Å²) in [6.07, 6.45) is 0. The van der Waals surface area contributed by atoms with E-state index < -0.39 is 25.5 Å². The van der Waals surface area contributed by atoms with E-state index in [4.69, 9.17) is 9.88 Å². The number of nitrogens with two attached hydrogens (primary N) is 1. The lowest BCUT2D eigenvalue weighted by atomic mass is 10.3. The Bertz CT molecular complexity index is 985. The molecule has 3 rings (SSSR count). The maximum absolute atomic E-state index is 12.4. The van der Waals surface area contributed by atoms with Gasteiger partial charge in [0.25, 0.3) is 5.91 Å². The van der Waals surface area contributed by atoms with E-state index in [9.17, 15) is 23.3 Å². The highest BCUT2D eigenvalue weighted by Gasteiger charge is 2.24. The number of carbonyl (C=O) groups is 1. The molecule has 0 saturated carbocycles. The maximum Gasteiger partial charge on any atom is 0.312 e. The van der Waals surface area contributed by atoms with E-state index in [-0.39, 0.29) is 18.3 Å². The molecule has 1 saturated heterocycles. The van der Waals surface area contributed by atoms with Crippen LogP contribution in [0.5, 0.6) is 5.75 Å². The smallest absolute Gasteiger partial charge is 0.312 e. The lowest BCUT2D eigenvalue weighted by Gasteiger charge is -2.34. The van der Waals surface area contributed by atoms with Crippen LogP contribution in [0.3, 0.4) is 0 Å². The van der Waals surface area contributed by atoms with Crippen LogP contribution in [0.2, 0.25) is 0 Å². The predicted octanol–water partition coefficient (Wildman–Crippen LogP) is 1.03. The quantitative estimate of drug-likeness (QED) is 0.501. The molecule has 1 aliphatic rings. The summed E-state index contributed by atoms with van der Waals surface area (Å²) >= 11 is 1.69. The summed E-state index contributed by atoms with van der Waals surface area (Å²) in [4.78, 5) is 27.6. The number of nitrogens with zero attached hydrogens (tertiary/aromatic N) is 3. The second-order valence-electron chi connectivity index (χ2n) is 6.46. The number of rotatable bonds is 7. The van der Waals surface area contributed by atoms with E-state index in [2.05, 4.69) is 11.0 Å². The standard InChI is InChI=1S/C17H20N4O6S2/c18-29(25,26)14-3-4-16(15(10-14)21(23)24)27-12-17(22)20-7-5-19(6-8-20)11-13-2-1-9-28-13/h1-4,9-10H,5-8,11-12H2,(H2,18,25,26). The number of ether oxygens (including phenoxy) is 1. The number of hydrogen-bond donors (Lipinski definition) is 1. The van der Waals surface area contributed by atoms with Gasteiger partial charge in [0.15, 0.2) is 12.4 Å². The molecule has 0 radical (unpaired) electrons.